The fourth-order valence-electron chi connectivity index (χ4n) is 3.17. The Morgan fingerprint density at radius 2 is 1.29 bits per heavy atom. The number of benzene rings is 3. The fourth-order valence-corrected chi connectivity index (χ4v) is 4.39. The highest BCUT2D eigenvalue weighted by Crippen LogP contribution is 2.23. The van der Waals surface area contributed by atoms with Crippen LogP contribution in [0.1, 0.15) is 15.9 Å². The SMILES string of the molecule is CN(Cc1ccc(N(C)C)cc1)C(=O)c1ccc(N(C)S(=O)(=O)c2ccccc2)cc1. The van der Waals surface area contributed by atoms with Crippen molar-refractivity contribution in [1.82, 2.24) is 4.90 Å². The summed E-state index contributed by atoms with van der Waals surface area (Å²) in [4.78, 5) is 16.7. The van der Waals surface area contributed by atoms with Gasteiger partial charge in [-0.2, -0.15) is 0 Å². The molecule has 0 fully saturated rings. The molecule has 0 aliphatic heterocycles. The summed E-state index contributed by atoms with van der Waals surface area (Å²) in [5.41, 5.74) is 3.12. The van der Waals surface area contributed by atoms with Gasteiger partial charge in [0.25, 0.3) is 15.9 Å². The Hall–Kier alpha value is -3.32. The van der Waals surface area contributed by atoms with Gasteiger partial charge in [-0.3, -0.25) is 9.10 Å². The largest absolute Gasteiger partial charge is 0.378 e. The van der Waals surface area contributed by atoms with Crippen molar-refractivity contribution in [2.75, 3.05) is 37.4 Å². The lowest BCUT2D eigenvalue weighted by molar-refractivity contribution is 0.0785. The second kappa shape index (κ2) is 9.22. The molecule has 1 amide bonds. The van der Waals surface area contributed by atoms with Crippen molar-refractivity contribution in [2.45, 2.75) is 11.4 Å². The molecule has 0 aliphatic rings. The van der Waals surface area contributed by atoms with E-state index in [1.54, 1.807) is 66.5 Å². The first kappa shape index (κ1) is 22.4. The lowest BCUT2D eigenvalue weighted by atomic mass is 10.1. The molecule has 0 bridgehead atoms. The van der Waals surface area contributed by atoms with Crippen molar-refractivity contribution < 1.29 is 13.2 Å². The van der Waals surface area contributed by atoms with E-state index in [9.17, 15) is 13.2 Å². The Labute approximate surface area is 184 Å². The maximum Gasteiger partial charge on any atom is 0.264 e. The van der Waals surface area contributed by atoms with Gasteiger partial charge in [-0.05, 0) is 54.1 Å². The van der Waals surface area contributed by atoms with E-state index in [0.717, 1.165) is 11.3 Å². The number of hydrogen-bond donors (Lipinski definition) is 0. The van der Waals surface area contributed by atoms with Gasteiger partial charge in [0.1, 0.15) is 0 Å². The van der Waals surface area contributed by atoms with Crippen molar-refractivity contribution in [3.63, 3.8) is 0 Å². The summed E-state index contributed by atoms with van der Waals surface area (Å²) in [6.45, 7) is 0.483. The van der Waals surface area contributed by atoms with E-state index < -0.39 is 10.0 Å². The molecule has 0 radical (unpaired) electrons. The van der Waals surface area contributed by atoms with Crippen LogP contribution in [0.15, 0.2) is 83.8 Å². The van der Waals surface area contributed by atoms with Crippen molar-refractivity contribution in [1.29, 1.82) is 0 Å². The molecule has 3 aromatic rings. The van der Waals surface area contributed by atoms with Gasteiger partial charge in [-0.15, -0.1) is 0 Å². The molecule has 0 aliphatic carbocycles. The van der Waals surface area contributed by atoms with E-state index in [1.807, 2.05) is 43.3 Å². The molecule has 0 aromatic heterocycles. The quantitative estimate of drug-likeness (QED) is 0.563. The predicted octanol–water partition coefficient (Wildman–Crippen LogP) is 3.85. The van der Waals surface area contributed by atoms with Gasteiger partial charge in [-0.25, -0.2) is 8.42 Å². The molecule has 31 heavy (non-hydrogen) atoms. The maximum absolute atomic E-state index is 12.8. The Kier molecular flexibility index (Phi) is 6.65. The van der Waals surface area contributed by atoms with Crippen LogP contribution in [0.4, 0.5) is 11.4 Å². The number of hydrogen-bond acceptors (Lipinski definition) is 4. The molecule has 0 saturated heterocycles. The van der Waals surface area contributed by atoms with Gasteiger partial charge >= 0.3 is 0 Å². The van der Waals surface area contributed by atoms with E-state index in [4.69, 9.17) is 0 Å². The number of amides is 1. The van der Waals surface area contributed by atoms with Crippen LogP contribution in [0.2, 0.25) is 0 Å². The first-order chi connectivity index (χ1) is 14.7. The summed E-state index contributed by atoms with van der Waals surface area (Å²) >= 11 is 0. The fraction of sp³-hybridized carbons (Fsp3) is 0.208. The van der Waals surface area contributed by atoms with Gasteiger partial charge in [0.2, 0.25) is 0 Å². The second-order valence-corrected chi connectivity index (χ2v) is 9.52. The number of nitrogens with zero attached hydrogens (tertiary/aromatic N) is 3. The normalized spacial score (nSPS) is 11.1. The molecule has 0 N–H and O–H groups in total. The molecule has 0 unspecified atom stereocenters. The van der Waals surface area contributed by atoms with E-state index in [1.165, 1.54) is 11.4 Å². The van der Waals surface area contributed by atoms with Crippen LogP contribution in [-0.2, 0) is 16.6 Å². The molecule has 7 heteroatoms. The Balaban J connectivity index is 1.70. The lowest BCUT2D eigenvalue weighted by Gasteiger charge is -2.21. The lowest BCUT2D eigenvalue weighted by Crippen LogP contribution is -2.27. The van der Waals surface area contributed by atoms with Crippen LogP contribution in [0, 0.1) is 0 Å². The first-order valence-corrected chi connectivity index (χ1v) is 11.3. The predicted molar refractivity (Wildman–Crippen MR) is 125 cm³/mol. The summed E-state index contributed by atoms with van der Waals surface area (Å²) < 4.78 is 26.8. The summed E-state index contributed by atoms with van der Waals surface area (Å²) in [6, 6.07) is 22.9. The van der Waals surface area contributed by atoms with Crippen LogP contribution in [-0.4, -0.2) is 47.4 Å². The van der Waals surface area contributed by atoms with Gasteiger partial charge in [0.05, 0.1) is 10.6 Å². The highest BCUT2D eigenvalue weighted by molar-refractivity contribution is 7.92. The van der Waals surface area contributed by atoms with Crippen LogP contribution in [0.25, 0.3) is 0 Å². The zero-order valence-corrected chi connectivity index (χ0v) is 19.0. The van der Waals surface area contributed by atoms with Crippen LogP contribution >= 0.6 is 0 Å². The number of rotatable bonds is 7. The number of carbonyl (C=O) groups is 1. The van der Waals surface area contributed by atoms with E-state index in [0.29, 0.717) is 17.8 Å². The molecule has 0 saturated carbocycles. The summed E-state index contributed by atoms with van der Waals surface area (Å²) in [5, 5.41) is 0. The average Bonchev–Trinajstić information content (AvgIpc) is 2.79. The molecule has 3 aromatic carbocycles. The average molecular weight is 438 g/mol. The molecule has 6 nitrogen and oxygen atoms in total. The third-order valence-corrected chi connectivity index (χ3v) is 6.90. The number of sulfonamides is 1. The third-order valence-electron chi connectivity index (χ3n) is 5.10. The first-order valence-electron chi connectivity index (χ1n) is 9.86. The zero-order valence-electron chi connectivity index (χ0n) is 18.2. The standard InChI is InChI=1S/C24H27N3O3S/c1-25(2)21-14-10-19(11-15-21)18-26(3)24(28)20-12-16-22(17-13-20)27(4)31(29,30)23-8-6-5-7-9-23/h5-17H,18H2,1-4H3. The molecule has 0 atom stereocenters. The van der Waals surface area contributed by atoms with Crippen LogP contribution in [0.3, 0.4) is 0 Å². The van der Waals surface area contributed by atoms with Crippen LogP contribution < -0.4 is 9.21 Å². The summed E-state index contributed by atoms with van der Waals surface area (Å²) in [5.74, 6) is -0.128. The van der Waals surface area contributed by atoms with E-state index >= 15 is 0 Å². The Morgan fingerprint density at radius 3 is 1.84 bits per heavy atom. The minimum atomic E-state index is -3.66. The minimum Gasteiger partial charge on any atom is -0.378 e. The van der Waals surface area contributed by atoms with Crippen molar-refractivity contribution in [3.05, 3.63) is 90.0 Å². The second-order valence-electron chi connectivity index (χ2n) is 7.55. The topological polar surface area (TPSA) is 60.9 Å². The van der Waals surface area contributed by atoms with Crippen molar-refractivity contribution in [3.8, 4) is 0 Å². The number of carbonyl (C=O) groups excluding carboxylic acids is 1. The highest BCUT2D eigenvalue weighted by Gasteiger charge is 2.21. The van der Waals surface area contributed by atoms with Gasteiger partial charge in [0.15, 0.2) is 0 Å². The van der Waals surface area contributed by atoms with Crippen molar-refractivity contribution >= 4 is 27.3 Å². The molecule has 0 heterocycles. The molecule has 162 valence electrons. The molecular formula is C24H27N3O3S. The van der Waals surface area contributed by atoms with Gasteiger partial charge in [0, 0.05) is 46.0 Å². The molecule has 0 spiro atoms. The van der Waals surface area contributed by atoms with E-state index in [2.05, 4.69) is 0 Å². The minimum absolute atomic E-state index is 0.128. The van der Waals surface area contributed by atoms with E-state index in [-0.39, 0.29) is 10.8 Å². The number of anilines is 2. The van der Waals surface area contributed by atoms with Crippen LogP contribution in [0.5, 0.6) is 0 Å². The van der Waals surface area contributed by atoms with Crippen molar-refractivity contribution in [2.24, 2.45) is 0 Å². The summed E-state index contributed by atoms with van der Waals surface area (Å²) in [6.07, 6.45) is 0. The smallest absolute Gasteiger partial charge is 0.264 e. The summed E-state index contributed by atoms with van der Waals surface area (Å²) in [7, 11) is 3.56. The highest BCUT2D eigenvalue weighted by atomic mass is 32.2. The monoisotopic (exact) mass is 437 g/mol. The van der Waals surface area contributed by atoms with Gasteiger partial charge in [-0.1, -0.05) is 30.3 Å². The zero-order chi connectivity index (χ0) is 22.6. The maximum atomic E-state index is 12.8. The Morgan fingerprint density at radius 1 is 0.742 bits per heavy atom. The molecular weight excluding hydrogens is 410 g/mol. The molecule has 3 rings (SSSR count). The Bertz CT molecular complexity index is 1130. The van der Waals surface area contributed by atoms with Gasteiger partial charge < -0.3 is 9.80 Å². The third kappa shape index (κ3) is 5.06.